The summed E-state index contributed by atoms with van der Waals surface area (Å²) in [4.78, 5) is 15.3. The molecule has 0 saturated carbocycles. The van der Waals surface area contributed by atoms with Crippen LogP contribution in [0.5, 0.6) is 0 Å². The third kappa shape index (κ3) is 4.19. The number of nitriles is 1. The molecule has 1 rings (SSSR count). The van der Waals surface area contributed by atoms with Crippen molar-refractivity contribution in [2.24, 2.45) is 5.92 Å². The molecule has 0 aromatic heterocycles. The second-order valence-electron chi connectivity index (χ2n) is 4.64. The van der Waals surface area contributed by atoms with Gasteiger partial charge in [-0.05, 0) is 38.9 Å². The van der Waals surface area contributed by atoms with Gasteiger partial charge in [0.1, 0.15) is 0 Å². The molecule has 0 atom stereocenters. The Balaban J connectivity index is 2.11. The van der Waals surface area contributed by atoms with Crippen LogP contribution in [-0.2, 0) is 4.79 Å². The first kappa shape index (κ1) is 13.0. The number of nitrogens with zero attached hydrogens (tertiary/aromatic N) is 3. The van der Waals surface area contributed by atoms with Crippen LogP contribution in [0.25, 0.3) is 0 Å². The Bertz CT molecular complexity index is 262. The summed E-state index contributed by atoms with van der Waals surface area (Å²) in [5.74, 6) is 0.451. The molecule has 0 N–H and O–H groups in total. The smallest absolute Gasteiger partial charge is 0.222 e. The van der Waals surface area contributed by atoms with E-state index in [9.17, 15) is 4.79 Å². The van der Waals surface area contributed by atoms with Crippen LogP contribution in [0.4, 0.5) is 0 Å². The molecule has 90 valence electrons. The first-order chi connectivity index (χ1) is 7.63. The van der Waals surface area contributed by atoms with E-state index in [1.165, 1.54) is 0 Å². The SMILES string of the molecule is CN(C)C(=O)CCCN1CCC(C#N)CC1. The highest BCUT2D eigenvalue weighted by atomic mass is 16.2. The summed E-state index contributed by atoms with van der Waals surface area (Å²) in [6, 6.07) is 2.33. The van der Waals surface area contributed by atoms with E-state index >= 15 is 0 Å². The van der Waals surface area contributed by atoms with Crippen LogP contribution in [0.3, 0.4) is 0 Å². The van der Waals surface area contributed by atoms with Gasteiger partial charge < -0.3 is 9.80 Å². The average molecular weight is 223 g/mol. The Morgan fingerprint density at radius 3 is 2.56 bits per heavy atom. The maximum Gasteiger partial charge on any atom is 0.222 e. The molecular weight excluding hydrogens is 202 g/mol. The van der Waals surface area contributed by atoms with Crippen LogP contribution in [0.1, 0.15) is 25.7 Å². The highest BCUT2D eigenvalue weighted by Gasteiger charge is 2.18. The fourth-order valence-corrected chi connectivity index (χ4v) is 1.96. The van der Waals surface area contributed by atoms with Gasteiger partial charge in [0.25, 0.3) is 0 Å². The summed E-state index contributed by atoms with van der Waals surface area (Å²) in [6.07, 6.45) is 3.52. The predicted octanol–water partition coefficient (Wildman–Crippen LogP) is 1.09. The highest BCUT2D eigenvalue weighted by molar-refractivity contribution is 5.75. The van der Waals surface area contributed by atoms with Gasteiger partial charge in [-0.2, -0.15) is 5.26 Å². The monoisotopic (exact) mass is 223 g/mol. The molecule has 16 heavy (non-hydrogen) atoms. The van der Waals surface area contributed by atoms with E-state index in [1.807, 2.05) is 0 Å². The molecule has 1 fully saturated rings. The van der Waals surface area contributed by atoms with Crippen LogP contribution in [0.2, 0.25) is 0 Å². The van der Waals surface area contributed by atoms with Crippen molar-refractivity contribution in [3.8, 4) is 6.07 Å². The Labute approximate surface area is 97.8 Å². The Morgan fingerprint density at radius 2 is 2.06 bits per heavy atom. The fraction of sp³-hybridized carbons (Fsp3) is 0.833. The highest BCUT2D eigenvalue weighted by Crippen LogP contribution is 2.16. The molecule has 1 heterocycles. The third-order valence-corrected chi connectivity index (χ3v) is 3.13. The first-order valence-corrected chi connectivity index (χ1v) is 5.95. The second kappa shape index (κ2) is 6.49. The van der Waals surface area contributed by atoms with Crippen molar-refractivity contribution in [1.82, 2.24) is 9.80 Å². The molecule has 0 aromatic rings. The van der Waals surface area contributed by atoms with Crippen molar-refractivity contribution in [2.45, 2.75) is 25.7 Å². The molecule has 0 aliphatic carbocycles. The molecule has 4 heteroatoms. The molecule has 0 radical (unpaired) electrons. The molecule has 1 amide bonds. The van der Waals surface area contributed by atoms with Crippen molar-refractivity contribution in [1.29, 1.82) is 5.26 Å². The minimum Gasteiger partial charge on any atom is -0.349 e. The number of amides is 1. The zero-order valence-corrected chi connectivity index (χ0v) is 10.3. The van der Waals surface area contributed by atoms with E-state index in [-0.39, 0.29) is 11.8 Å². The minimum atomic E-state index is 0.201. The first-order valence-electron chi connectivity index (χ1n) is 5.95. The molecule has 1 aliphatic rings. The molecule has 0 aromatic carbocycles. The minimum absolute atomic E-state index is 0.201. The quantitative estimate of drug-likeness (QED) is 0.717. The molecule has 0 bridgehead atoms. The second-order valence-corrected chi connectivity index (χ2v) is 4.64. The number of rotatable bonds is 4. The lowest BCUT2D eigenvalue weighted by Crippen LogP contribution is -2.34. The molecule has 1 saturated heterocycles. The number of carbonyl (C=O) groups is 1. The summed E-state index contributed by atoms with van der Waals surface area (Å²) in [7, 11) is 3.58. The van der Waals surface area contributed by atoms with E-state index in [4.69, 9.17) is 5.26 Å². The molecule has 1 aliphatic heterocycles. The third-order valence-electron chi connectivity index (χ3n) is 3.13. The van der Waals surface area contributed by atoms with Crippen molar-refractivity contribution >= 4 is 5.91 Å². The standard InChI is InChI=1S/C12H21N3O/c1-14(2)12(16)4-3-7-15-8-5-11(10-13)6-9-15/h11H,3-9H2,1-2H3. The van der Waals surface area contributed by atoms with E-state index < -0.39 is 0 Å². The van der Waals surface area contributed by atoms with E-state index in [1.54, 1.807) is 19.0 Å². The van der Waals surface area contributed by atoms with Gasteiger partial charge in [-0.1, -0.05) is 0 Å². The topological polar surface area (TPSA) is 47.3 Å². The Hall–Kier alpha value is -1.08. The van der Waals surface area contributed by atoms with Gasteiger partial charge in [0, 0.05) is 26.4 Å². The zero-order valence-electron chi connectivity index (χ0n) is 10.3. The number of piperidine rings is 1. The van der Waals surface area contributed by atoms with Gasteiger partial charge in [0.2, 0.25) is 5.91 Å². The zero-order chi connectivity index (χ0) is 12.0. The average Bonchev–Trinajstić information content (AvgIpc) is 2.29. The molecule has 4 nitrogen and oxygen atoms in total. The maximum absolute atomic E-state index is 11.3. The maximum atomic E-state index is 11.3. The lowest BCUT2D eigenvalue weighted by molar-refractivity contribution is -0.128. The lowest BCUT2D eigenvalue weighted by Gasteiger charge is -2.28. The summed E-state index contributed by atoms with van der Waals surface area (Å²) in [5.41, 5.74) is 0. The number of hydrogen-bond donors (Lipinski definition) is 0. The van der Waals surface area contributed by atoms with Crippen LogP contribution in [-0.4, -0.2) is 49.4 Å². The Kier molecular flexibility index (Phi) is 5.27. The Morgan fingerprint density at radius 1 is 1.44 bits per heavy atom. The summed E-state index contributed by atoms with van der Waals surface area (Å²) in [5, 5.41) is 8.77. The summed E-state index contributed by atoms with van der Waals surface area (Å²) >= 11 is 0. The van der Waals surface area contributed by atoms with E-state index in [2.05, 4.69) is 11.0 Å². The van der Waals surface area contributed by atoms with Gasteiger partial charge >= 0.3 is 0 Å². The number of likely N-dealkylation sites (tertiary alicyclic amines) is 1. The van der Waals surface area contributed by atoms with E-state index in [0.29, 0.717) is 6.42 Å². The molecular formula is C12H21N3O. The van der Waals surface area contributed by atoms with Crippen molar-refractivity contribution < 1.29 is 4.79 Å². The van der Waals surface area contributed by atoms with Crippen molar-refractivity contribution in [3.05, 3.63) is 0 Å². The largest absolute Gasteiger partial charge is 0.349 e. The van der Waals surface area contributed by atoms with Crippen molar-refractivity contribution in [2.75, 3.05) is 33.7 Å². The van der Waals surface area contributed by atoms with Crippen LogP contribution in [0, 0.1) is 17.2 Å². The number of carbonyl (C=O) groups excluding carboxylic acids is 1. The van der Waals surface area contributed by atoms with Gasteiger partial charge in [-0.15, -0.1) is 0 Å². The van der Waals surface area contributed by atoms with E-state index in [0.717, 1.165) is 38.9 Å². The van der Waals surface area contributed by atoms with Crippen LogP contribution >= 0.6 is 0 Å². The summed E-state index contributed by atoms with van der Waals surface area (Å²) in [6.45, 7) is 3.00. The predicted molar refractivity (Wildman–Crippen MR) is 62.7 cm³/mol. The van der Waals surface area contributed by atoms with Gasteiger partial charge in [0.05, 0.1) is 6.07 Å². The van der Waals surface area contributed by atoms with Gasteiger partial charge in [-0.3, -0.25) is 4.79 Å². The lowest BCUT2D eigenvalue weighted by atomic mass is 9.98. The fourth-order valence-electron chi connectivity index (χ4n) is 1.96. The molecule has 0 unspecified atom stereocenters. The van der Waals surface area contributed by atoms with Crippen LogP contribution in [0.15, 0.2) is 0 Å². The van der Waals surface area contributed by atoms with Gasteiger partial charge in [-0.25, -0.2) is 0 Å². The normalized spacial score (nSPS) is 18.1. The summed E-state index contributed by atoms with van der Waals surface area (Å²) < 4.78 is 0. The van der Waals surface area contributed by atoms with Crippen LogP contribution < -0.4 is 0 Å². The van der Waals surface area contributed by atoms with Crippen molar-refractivity contribution in [3.63, 3.8) is 0 Å². The molecule has 0 spiro atoms. The number of hydrogen-bond acceptors (Lipinski definition) is 3. The van der Waals surface area contributed by atoms with Gasteiger partial charge in [0.15, 0.2) is 0 Å².